The molecule has 0 spiro atoms. The van der Waals surface area contributed by atoms with Crippen LogP contribution in [0.3, 0.4) is 0 Å². The fourth-order valence-electron chi connectivity index (χ4n) is 5.46. The number of ether oxygens (including phenoxy) is 1. The van der Waals surface area contributed by atoms with Crippen molar-refractivity contribution in [2.75, 3.05) is 18.8 Å². The summed E-state index contributed by atoms with van der Waals surface area (Å²) in [6.07, 6.45) is 14.6. The van der Waals surface area contributed by atoms with Crippen LogP contribution in [0, 0.1) is 17.8 Å². The zero-order chi connectivity index (χ0) is 24.3. The van der Waals surface area contributed by atoms with E-state index in [0.29, 0.717) is 18.9 Å². The first-order valence-corrected chi connectivity index (χ1v) is 13.8. The van der Waals surface area contributed by atoms with Crippen molar-refractivity contribution in [3.05, 3.63) is 12.2 Å². The van der Waals surface area contributed by atoms with Crippen molar-refractivity contribution in [3.8, 4) is 0 Å². The third-order valence-corrected chi connectivity index (χ3v) is 8.50. The van der Waals surface area contributed by atoms with Gasteiger partial charge in [-0.05, 0) is 56.8 Å². The molecule has 2 aliphatic heterocycles. The molecule has 3 rings (SSSR count). The van der Waals surface area contributed by atoms with E-state index in [2.05, 4.69) is 16.7 Å². The van der Waals surface area contributed by atoms with Crippen LogP contribution in [-0.4, -0.2) is 64.5 Å². The fourth-order valence-corrected chi connectivity index (χ4v) is 6.43. The monoisotopic (exact) mass is 496 g/mol. The average Bonchev–Trinajstić information content (AvgIpc) is 3.44. The van der Waals surface area contributed by atoms with Gasteiger partial charge in [0.1, 0.15) is 5.44 Å². The Bertz CT molecular complexity index is 712. The van der Waals surface area contributed by atoms with E-state index >= 15 is 0 Å². The summed E-state index contributed by atoms with van der Waals surface area (Å²) in [5, 5.41) is 24.6. The van der Waals surface area contributed by atoms with Gasteiger partial charge in [0.15, 0.2) is 0 Å². The molecule has 5 atom stereocenters. The van der Waals surface area contributed by atoms with Gasteiger partial charge >= 0.3 is 5.97 Å². The van der Waals surface area contributed by atoms with Crippen molar-refractivity contribution < 1.29 is 29.3 Å². The summed E-state index contributed by atoms with van der Waals surface area (Å²) in [6.45, 7) is 0.470. The lowest BCUT2D eigenvalue weighted by Crippen LogP contribution is -2.42. The van der Waals surface area contributed by atoms with Crippen LogP contribution in [0.4, 0.5) is 0 Å². The number of hydrogen-bond donors (Lipinski definition) is 4. The van der Waals surface area contributed by atoms with Gasteiger partial charge in [-0.2, -0.15) is 0 Å². The smallest absolute Gasteiger partial charge is 0.303 e. The van der Waals surface area contributed by atoms with Crippen LogP contribution in [0.25, 0.3) is 0 Å². The predicted octanol–water partition coefficient (Wildman–Crippen LogP) is 2.85. The summed E-state index contributed by atoms with van der Waals surface area (Å²) in [7, 11) is 0. The first kappa shape index (κ1) is 27.0. The number of aliphatic carboxylic acids is 1. The summed E-state index contributed by atoms with van der Waals surface area (Å²) in [4.78, 5) is 35.0. The van der Waals surface area contributed by atoms with Crippen molar-refractivity contribution in [2.45, 2.75) is 88.3 Å². The van der Waals surface area contributed by atoms with Crippen LogP contribution in [0.1, 0.15) is 70.6 Å². The molecule has 0 radical (unpaired) electrons. The molecule has 9 heteroatoms. The highest BCUT2D eigenvalue weighted by molar-refractivity contribution is 8.00. The lowest BCUT2D eigenvalue weighted by Gasteiger charge is -2.27. The molecule has 3 fully saturated rings. The van der Waals surface area contributed by atoms with Gasteiger partial charge in [-0.15, -0.1) is 11.8 Å². The zero-order valence-electron chi connectivity index (χ0n) is 20.0. The van der Waals surface area contributed by atoms with Gasteiger partial charge < -0.3 is 25.6 Å². The number of rotatable bonds is 14. The minimum atomic E-state index is -0.766. The number of fused-ring (bicyclic) bond motifs is 2. The minimum absolute atomic E-state index is 0.0608. The predicted molar refractivity (Wildman–Crippen MR) is 131 cm³/mol. The highest BCUT2D eigenvalue weighted by Crippen LogP contribution is 2.44. The van der Waals surface area contributed by atoms with Crippen LogP contribution in [-0.2, 0) is 19.1 Å². The van der Waals surface area contributed by atoms with E-state index in [-0.39, 0.29) is 54.6 Å². The van der Waals surface area contributed by atoms with Crippen LogP contribution < -0.4 is 10.6 Å². The van der Waals surface area contributed by atoms with E-state index in [0.717, 1.165) is 51.4 Å². The van der Waals surface area contributed by atoms with Gasteiger partial charge in [0.25, 0.3) is 0 Å². The van der Waals surface area contributed by atoms with E-state index in [1.54, 1.807) is 0 Å². The van der Waals surface area contributed by atoms with E-state index in [9.17, 15) is 19.5 Å². The Hall–Kier alpha value is -1.58. The number of thioether (sulfide) groups is 1. The molecular weight excluding hydrogens is 456 g/mol. The summed E-state index contributed by atoms with van der Waals surface area (Å²) >= 11 is 1.26. The fraction of sp³-hybridized carbons (Fsp3) is 0.800. The number of amides is 2. The van der Waals surface area contributed by atoms with E-state index in [4.69, 9.17) is 9.84 Å². The Labute approximate surface area is 206 Å². The molecule has 2 amide bonds. The Balaban J connectivity index is 1.31. The summed E-state index contributed by atoms with van der Waals surface area (Å²) in [5.74, 6) is -0.179. The first-order chi connectivity index (χ1) is 16.4. The number of carbonyl (C=O) groups is 3. The molecular formula is C25H40N2O6S. The van der Waals surface area contributed by atoms with Crippen LogP contribution in [0.15, 0.2) is 12.2 Å². The standard InChI is InChI=1S/C25H40N2O6S/c28-22(15-27-23(29)16-34-25(32)17-8-4-3-5-9-17)26-14-19-18(20-12-13-21(19)33-20)10-6-1-2-7-11-24(30)31/h1,6,17-21,25,32H,2-5,7-16H2,(H,26,28)(H,27,29)(H,30,31)/b6-1-/t18-,19+,20-,21+,25?/m0/s1. The molecule has 1 unspecified atom stereocenters. The number of carbonyl (C=O) groups excluding carboxylic acids is 2. The lowest BCUT2D eigenvalue weighted by molar-refractivity contribution is -0.137. The van der Waals surface area contributed by atoms with Crippen molar-refractivity contribution in [3.63, 3.8) is 0 Å². The third kappa shape index (κ3) is 8.57. The molecule has 2 saturated heterocycles. The topological polar surface area (TPSA) is 125 Å². The Morgan fingerprint density at radius 3 is 2.44 bits per heavy atom. The van der Waals surface area contributed by atoms with Gasteiger partial charge in [-0.25, -0.2) is 0 Å². The number of nitrogens with one attached hydrogen (secondary N) is 2. The molecule has 1 aliphatic carbocycles. The Kier molecular flexibility index (Phi) is 11.2. The lowest BCUT2D eigenvalue weighted by atomic mass is 9.77. The second kappa shape index (κ2) is 14.1. The number of allylic oxidation sites excluding steroid dienone is 2. The number of carboxylic acid groups (broad SMARTS) is 1. The average molecular weight is 497 g/mol. The maximum atomic E-state index is 12.3. The second-order valence-electron chi connectivity index (χ2n) is 9.79. The van der Waals surface area contributed by atoms with E-state index in [1.807, 2.05) is 6.08 Å². The molecule has 0 aromatic carbocycles. The Morgan fingerprint density at radius 2 is 1.71 bits per heavy atom. The van der Waals surface area contributed by atoms with Crippen LogP contribution >= 0.6 is 11.8 Å². The van der Waals surface area contributed by atoms with Crippen molar-refractivity contribution >= 4 is 29.5 Å². The quantitative estimate of drug-likeness (QED) is 0.166. The first-order valence-electron chi connectivity index (χ1n) is 12.8. The van der Waals surface area contributed by atoms with E-state index < -0.39 is 11.4 Å². The summed E-state index contributed by atoms with van der Waals surface area (Å²) < 4.78 is 6.08. The summed E-state index contributed by atoms with van der Waals surface area (Å²) in [6, 6.07) is 0. The highest BCUT2D eigenvalue weighted by Gasteiger charge is 2.47. The van der Waals surface area contributed by atoms with E-state index in [1.165, 1.54) is 18.2 Å². The second-order valence-corrected chi connectivity index (χ2v) is 10.9. The molecule has 34 heavy (non-hydrogen) atoms. The van der Waals surface area contributed by atoms with Gasteiger partial charge in [0, 0.05) is 18.9 Å². The third-order valence-electron chi connectivity index (χ3n) is 7.35. The number of unbranched alkanes of at least 4 members (excludes halogenated alkanes) is 1. The minimum Gasteiger partial charge on any atom is -0.481 e. The Morgan fingerprint density at radius 1 is 0.971 bits per heavy atom. The maximum absolute atomic E-state index is 12.3. The van der Waals surface area contributed by atoms with Crippen molar-refractivity contribution in [1.29, 1.82) is 0 Å². The zero-order valence-corrected chi connectivity index (χ0v) is 20.8. The number of carboxylic acids is 1. The van der Waals surface area contributed by atoms with Crippen molar-refractivity contribution in [2.24, 2.45) is 17.8 Å². The van der Waals surface area contributed by atoms with Crippen LogP contribution in [0.2, 0.25) is 0 Å². The molecule has 0 aromatic heterocycles. The summed E-state index contributed by atoms with van der Waals surface area (Å²) in [5.41, 5.74) is -0.513. The van der Waals surface area contributed by atoms with Gasteiger partial charge in [0.2, 0.25) is 11.8 Å². The molecule has 192 valence electrons. The van der Waals surface area contributed by atoms with Gasteiger partial charge in [-0.1, -0.05) is 31.4 Å². The molecule has 1 saturated carbocycles. The van der Waals surface area contributed by atoms with Gasteiger partial charge in [0.05, 0.1) is 24.5 Å². The molecule has 2 heterocycles. The SMILES string of the molecule is O=C(O)CCC/C=C\C[C@H]1[C@@H](CNC(=O)CNC(=O)CSC(O)C2CCCCC2)[C@H]2CC[C@@H]1O2. The van der Waals surface area contributed by atoms with Crippen LogP contribution in [0.5, 0.6) is 0 Å². The number of aliphatic hydroxyl groups excluding tert-OH is 1. The molecule has 2 bridgehead atoms. The molecule has 4 N–H and O–H groups in total. The highest BCUT2D eigenvalue weighted by atomic mass is 32.2. The number of aliphatic hydroxyl groups is 1. The van der Waals surface area contributed by atoms with Crippen molar-refractivity contribution in [1.82, 2.24) is 10.6 Å². The maximum Gasteiger partial charge on any atom is 0.303 e. The number of hydrogen-bond acceptors (Lipinski definition) is 6. The normalized spacial score (nSPS) is 27.7. The van der Waals surface area contributed by atoms with Gasteiger partial charge in [-0.3, -0.25) is 14.4 Å². The largest absolute Gasteiger partial charge is 0.481 e. The molecule has 8 nitrogen and oxygen atoms in total. The molecule has 0 aromatic rings. The molecule has 3 aliphatic rings.